The van der Waals surface area contributed by atoms with Crippen LogP contribution in [-0.2, 0) is 9.53 Å². The Morgan fingerprint density at radius 2 is 1.71 bits per heavy atom. The molecule has 0 saturated heterocycles. The van der Waals surface area contributed by atoms with Crippen molar-refractivity contribution in [2.75, 3.05) is 0 Å². The van der Waals surface area contributed by atoms with Gasteiger partial charge in [0.25, 0.3) is 0 Å². The third kappa shape index (κ3) is 3.44. The van der Waals surface area contributed by atoms with Crippen molar-refractivity contribution in [2.45, 2.75) is 70.4 Å². The van der Waals surface area contributed by atoms with Gasteiger partial charge >= 0.3 is 5.97 Å². The molecule has 2 aliphatic rings. The Labute approximate surface area is 104 Å². The average Bonchev–Trinajstić information content (AvgIpc) is 2.33. The van der Waals surface area contributed by atoms with Crippen LogP contribution in [0.3, 0.4) is 0 Å². The summed E-state index contributed by atoms with van der Waals surface area (Å²) in [6.07, 6.45) is 8.70. The predicted octanol–water partition coefficient (Wildman–Crippen LogP) is 2.63. The lowest BCUT2D eigenvalue weighted by Crippen LogP contribution is -2.34. The number of rotatable bonds is 2. The molecule has 2 atom stereocenters. The Bertz CT molecular complexity index is 259. The van der Waals surface area contributed by atoms with Gasteiger partial charge in [-0.1, -0.05) is 13.3 Å². The van der Waals surface area contributed by atoms with Gasteiger partial charge in [-0.15, -0.1) is 0 Å². The van der Waals surface area contributed by atoms with E-state index >= 15 is 0 Å². The number of carbonyl (C=O) groups is 1. The summed E-state index contributed by atoms with van der Waals surface area (Å²) in [7, 11) is 0. The third-order valence-electron chi connectivity index (χ3n) is 4.41. The molecule has 0 aliphatic heterocycles. The van der Waals surface area contributed by atoms with Crippen molar-refractivity contribution in [1.29, 1.82) is 0 Å². The smallest absolute Gasteiger partial charge is 0.309 e. The first-order valence-corrected chi connectivity index (χ1v) is 7.13. The van der Waals surface area contributed by atoms with E-state index in [4.69, 9.17) is 10.5 Å². The van der Waals surface area contributed by atoms with Crippen LogP contribution >= 0.6 is 0 Å². The van der Waals surface area contributed by atoms with Gasteiger partial charge in [-0.05, 0) is 50.9 Å². The van der Waals surface area contributed by atoms with Crippen LogP contribution < -0.4 is 5.73 Å². The number of hydrogen-bond donors (Lipinski definition) is 1. The van der Waals surface area contributed by atoms with Crippen molar-refractivity contribution in [2.24, 2.45) is 17.6 Å². The average molecular weight is 239 g/mol. The molecule has 0 amide bonds. The Hall–Kier alpha value is -0.570. The molecule has 0 aromatic rings. The predicted molar refractivity (Wildman–Crippen MR) is 67.4 cm³/mol. The number of hydrogen-bond acceptors (Lipinski definition) is 3. The summed E-state index contributed by atoms with van der Waals surface area (Å²) >= 11 is 0. The fourth-order valence-corrected chi connectivity index (χ4v) is 3.06. The Kier molecular flexibility index (Phi) is 4.43. The summed E-state index contributed by atoms with van der Waals surface area (Å²) in [6.45, 7) is 2.20. The molecule has 0 spiro atoms. The normalized spacial score (nSPS) is 38.7. The molecule has 3 heteroatoms. The van der Waals surface area contributed by atoms with Crippen LogP contribution in [0, 0.1) is 11.8 Å². The maximum Gasteiger partial charge on any atom is 0.309 e. The molecular weight excluding hydrogens is 214 g/mol. The Morgan fingerprint density at radius 1 is 1.06 bits per heavy atom. The zero-order chi connectivity index (χ0) is 12.3. The van der Waals surface area contributed by atoms with Crippen LogP contribution in [0.25, 0.3) is 0 Å². The van der Waals surface area contributed by atoms with Gasteiger partial charge in [-0.25, -0.2) is 0 Å². The van der Waals surface area contributed by atoms with Gasteiger partial charge in [-0.2, -0.15) is 0 Å². The van der Waals surface area contributed by atoms with E-state index in [0.717, 1.165) is 32.1 Å². The zero-order valence-electron chi connectivity index (χ0n) is 10.9. The van der Waals surface area contributed by atoms with Gasteiger partial charge in [0, 0.05) is 6.04 Å². The van der Waals surface area contributed by atoms with E-state index in [1.54, 1.807) is 0 Å². The monoisotopic (exact) mass is 239 g/mol. The van der Waals surface area contributed by atoms with Crippen molar-refractivity contribution in [3.05, 3.63) is 0 Å². The lowest BCUT2D eigenvalue weighted by atomic mass is 9.85. The second kappa shape index (κ2) is 5.85. The van der Waals surface area contributed by atoms with E-state index < -0.39 is 0 Å². The van der Waals surface area contributed by atoms with Gasteiger partial charge in [-0.3, -0.25) is 4.79 Å². The van der Waals surface area contributed by atoms with Crippen molar-refractivity contribution in [3.63, 3.8) is 0 Å². The summed E-state index contributed by atoms with van der Waals surface area (Å²) in [5.74, 6) is 0.693. The van der Waals surface area contributed by atoms with Crippen LogP contribution in [0.2, 0.25) is 0 Å². The number of ether oxygens (including phenoxy) is 1. The molecule has 2 N–H and O–H groups in total. The van der Waals surface area contributed by atoms with Crippen LogP contribution in [0.4, 0.5) is 0 Å². The standard InChI is InChI=1S/C14H25NO2/c1-10-4-2-3-5-13(10)17-14(16)11-6-8-12(15)9-7-11/h10-13H,2-9,15H2,1H3. The maximum absolute atomic E-state index is 12.1. The van der Waals surface area contributed by atoms with Gasteiger partial charge in [0.05, 0.1) is 5.92 Å². The second-order valence-electron chi connectivity index (χ2n) is 5.85. The Morgan fingerprint density at radius 3 is 2.35 bits per heavy atom. The van der Waals surface area contributed by atoms with Crippen molar-refractivity contribution < 1.29 is 9.53 Å². The molecule has 0 aromatic carbocycles. The van der Waals surface area contributed by atoms with E-state index in [0.29, 0.717) is 12.0 Å². The van der Waals surface area contributed by atoms with E-state index in [1.807, 2.05) is 0 Å². The summed E-state index contributed by atoms with van der Waals surface area (Å²) in [6, 6.07) is 0.299. The van der Waals surface area contributed by atoms with Crippen LogP contribution in [0.1, 0.15) is 58.3 Å². The summed E-state index contributed by atoms with van der Waals surface area (Å²) in [5, 5.41) is 0. The van der Waals surface area contributed by atoms with Crippen LogP contribution in [-0.4, -0.2) is 18.1 Å². The molecule has 98 valence electrons. The summed E-state index contributed by atoms with van der Waals surface area (Å²) < 4.78 is 5.70. The molecule has 2 rings (SSSR count). The van der Waals surface area contributed by atoms with E-state index in [-0.39, 0.29) is 18.0 Å². The fourth-order valence-electron chi connectivity index (χ4n) is 3.06. The highest BCUT2D eigenvalue weighted by atomic mass is 16.5. The molecule has 2 aliphatic carbocycles. The highest BCUT2D eigenvalue weighted by molar-refractivity contribution is 5.72. The van der Waals surface area contributed by atoms with Gasteiger partial charge in [0.2, 0.25) is 0 Å². The minimum Gasteiger partial charge on any atom is -0.462 e. The topological polar surface area (TPSA) is 52.3 Å². The van der Waals surface area contributed by atoms with Crippen molar-refractivity contribution >= 4 is 5.97 Å². The molecule has 0 heterocycles. The molecule has 0 bridgehead atoms. The first kappa shape index (κ1) is 12.9. The quantitative estimate of drug-likeness (QED) is 0.754. The molecule has 2 fully saturated rings. The zero-order valence-corrected chi connectivity index (χ0v) is 10.9. The highest BCUT2D eigenvalue weighted by Crippen LogP contribution is 2.29. The number of esters is 1. The van der Waals surface area contributed by atoms with Gasteiger partial charge in [0.1, 0.15) is 6.10 Å². The highest BCUT2D eigenvalue weighted by Gasteiger charge is 2.30. The number of carbonyl (C=O) groups excluding carboxylic acids is 1. The molecule has 3 nitrogen and oxygen atoms in total. The molecule has 0 aromatic heterocycles. The third-order valence-corrected chi connectivity index (χ3v) is 4.41. The van der Waals surface area contributed by atoms with E-state index in [2.05, 4.69) is 6.92 Å². The largest absolute Gasteiger partial charge is 0.462 e. The van der Waals surface area contributed by atoms with Crippen LogP contribution in [0.15, 0.2) is 0 Å². The van der Waals surface area contributed by atoms with Gasteiger partial charge < -0.3 is 10.5 Å². The van der Waals surface area contributed by atoms with E-state index in [9.17, 15) is 4.79 Å². The fraction of sp³-hybridized carbons (Fsp3) is 0.929. The maximum atomic E-state index is 12.1. The molecule has 17 heavy (non-hydrogen) atoms. The first-order valence-electron chi connectivity index (χ1n) is 7.13. The lowest BCUT2D eigenvalue weighted by Gasteiger charge is -2.31. The molecule has 0 radical (unpaired) electrons. The van der Waals surface area contributed by atoms with Gasteiger partial charge in [0.15, 0.2) is 0 Å². The number of nitrogens with two attached hydrogens (primary N) is 1. The minimum atomic E-state index is 0.0376. The second-order valence-corrected chi connectivity index (χ2v) is 5.85. The lowest BCUT2D eigenvalue weighted by molar-refractivity contribution is -0.159. The van der Waals surface area contributed by atoms with E-state index in [1.165, 1.54) is 19.3 Å². The minimum absolute atomic E-state index is 0.0376. The first-order chi connectivity index (χ1) is 8.16. The SMILES string of the molecule is CC1CCCCC1OC(=O)C1CCC(N)CC1. The summed E-state index contributed by atoms with van der Waals surface area (Å²) in [5.41, 5.74) is 5.85. The van der Waals surface area contributed by atoms with Crippen LogP contribution in [0.5, 0.6) is 0 Å². The Balaban J connectivity index is 1.79. The molecule has 2 unspecified atom stereocenters. The van der Waals surface area contributed by atoms with Crippen molar-refractivity contribution in [3.8, 4) is 0 Å². The molecular formula is C14H25NO2. The van der Waals surface area contributed by atoms with Crippen molar-refractivity contribution in [1.82, 2.24) is 0 Å². The summed E-state index contributed by atoms with van der Waals surface area (Å²) in [4.78, 5) is 12.1. The molecule has 2 saturated carbocycles.